The van der Waals surface area contributed by atoms with Gasteiger partial charge in [-0.1, -0.05) is 28.4 Å². The molecule has 4 rings (SSSR count). The molecule has 6 nitrogen and oxygen atoms in total. The molecule has 0 saturated carbocycles. The Bertz CT molecular complexity index is 1090. The summed E-state index contributed by atoms with van der Waals surface area (Å²) in [5.41, 5.74) is 2.30. The standard InChI is InChI=1S/C20H15Br2Cl2N3O3/c21-13-5-11(6-14(22)20(13)29)19-8-17(25-30-19)18-9-26(3-4-27(18)10-28)12-1-2-15(23)16(24)7-12/h1-2,5-8,10,18,29H,3-4,9H2. The average molecular weight is 576 g/mol. The van der Waals surface area contributed by atoms with E-state index >= 15 is 0 Å². The highest BCUT2D eigenvalue weighted by atomic mass is 79.9. The Hall–Kier alpha value is -1.74. The first-order chi connectivity index (χ1) is 14.4. The van der Waals surface area contributed by atoms with Crippen LogP contribution in [0.4, 0.5) is 5.69 Å². The van der Waals surface area contributed by atoms with E-state index in [1.807, 2.05) is 18.2 Å². The molecule has 0 bridgehead atoms. The molecule has 1 amide bonds. The Morgan fingerprint density at radius 2 is 1.83 bits per heavy atom. The third-order valence-corrected chi connectivity index (χ3v) is 6.94. The number of rotatable bonds is 4. The van der Waals surface area contributed by atoms with E-state index in [1.165, 1.54) is 0 Å². The highest BCUT2D eigenvalue weighted by molar-refractivity contribution is 9.11. The van der Waals surface area contributed by atoms with E-state index in [0.29, 0.717) is 50.1 Å². The predicted octanol–water partition coefficient (Wildman–Crippen LogP) is 5.90. The normalized spacial score (nSPS) is 16.7. The fourth-order valence-corrected chi connectivity index (χ4v) is 4.87. The van der Waals surface area contributed by atoms with Gasteiger partial charge in [-0.15, -0.1) is 0 Å². The summed E-state index contributed by atoms with van der Waals surface area (Å²) in [5, 5.41) is 15.1. The molecule has 1 aliphatic rings. The van der Waals surface area contributed by atoms with Crippen LogP contribution in [0.2, 0.25) is 10.0 Å². The van der Waals surface area contributed by atoms with Gasteiger partial charge in [-0.05, 0) is 62.2 Å². The number of nitrogens with zero attached hydrogens (tertiary/aromatic N) is 3. The first-order valence-electron chi connectivity index (χ1n) is 8.93. The zero-order valence-corrected chi connectivity index (χ0v) is 20.0. The first-order valence-corrected chi connectivity index (χ1v) is 11.3. The Balaban J connectivity index is 1.63. The largest absolute Gasteiger partial charge is 0.506 e. The second-order valence-corrected chi connectivity index (χ2v) is 9.33. The van der Waals surface area contributed by atoms with Crippen molar-refractivity contribution in [3.05, 3.63) is 61.1 Å². The van der Waals surface area contributed by atoms with E-state index in [1.54, 1.807) is 23.1 Å². The van der Waals surface area contributed by atoms with E-state index in [0.717, 1.165) is 17.7 Å². The van der Waals surface area contributed by atoms with Crippen molar-refractivity contribution in [2.75, 3.05) is 24.5 Å². The van der Waals surface area contributed by atoms with Gasteiger partial charge in [0.05, 0.1) is 25.0 Å². The van der Waals surface area contributed by atoms with Crippen LogP contribution in [-0.4, -0.2) is 41.2 Å². The van der Waals surface area contributed by atoms with Crippen molar-refractivity contribution in [3.63, 3.8) is 0 Å². The van der Waals surface area contributed by atoms with Gasteiger partial charge in [0.15, 0.2) is 5.76 Å². The molecule has 2 heterocycles. The van der Waals surface area contributed by atoms with Crippen molar-refractivity contribution in [3.8, 4) is 17.1 Å². The summed E-state index contributed by atoms with van der Waals surface area (Å²) >= 11 is 18.8. The number of phenolic OH excluding ortho intramolecular Hbond substituents is 1. The van der Waals surface area contributed by atoms with Gasteiger partial charge in [0.2, 0.25) is 6.41 Å². The number of carbonyl (C=O) groups is 1. The lowest BCUT2D eigenvalue weighted by atomic mass is 10.1. The van der Waals surface area contributed by atoms with Gasteiger partial charge in [-0.25, -0.2) is 0 Å². The van der Waals surface area contributed by atoms with Crippen molar-refractivity contribution in [2.24, 2.45) is 0 Å². The van der Waals surface area contributed by atoms with Crippen LogP contribution >= 0.6 is 55.1 Å². The molecular formula is C20H15Br2Cl2N3O3. The molecule has 1 N–H and O–H groups in total. The van der Waals surface area contributed by atoms with Crippen molar-refractivity contribution in [2.45, 2.75) is 6.04 Å². The topological polar surface area (TPSA) is 69.8 Å². The van der Waals surface area contributed by atoms with Gasteiger partial charge in [-0.2, -0.15) is 0 Å². The Kier molecular flexibility index (Phi) is 6.29. The van der Waals surface area contributed by atoms with Crippen LogP contribution in [0.3, 0.4) is 0 Å². The minimum absolute atomic E-state index is 0.107. The molecule has 1 unspecified atom stereocenters. The molecule has 156 valence electrons. The highest BCUT2D eigenvalue weighted by Crippen LogP contribution is 2.38. The van der Waals surface area contributed by atoms with Gasteiger partial charge in [0, 0.05) is 37.0 Å². The number of amides is 1. The van der Waals surface area contributed by atoms with Crippen LogP contribution < -0.4 is 4.90 Å². The van der Waals surface area contributed by atoms with Crippen molar-refractivity contribution in [1.29, 1.82) is 0 Å². The maximum absolute atomic E-state index is 11.7. The van der Waals surface area contributed by atoms with Crippen LogP contribution in [0.25, 0.3) is 11.3 Å². The van der Waals surface area contributed by atoms with Gasteiger partial charge < -0.3 is 19.4 Å². The quantitative estimate of drug-likeness (QED) is 0.392. The number of hydrogen-bond donors (Lipinski definition) is 1. The molecule has 3 aromatic rings. The third kappa shape index (κ3) is 4.19. The zero-order valence-electron chi connectivity index (χ0n) is 15.4. The average Bonchev–Trinajstić information content (AvgIpc) is 3.23. The van der Waals surface area contributed by atoms with Crippen LogP contribution in [-0.2, 0) is 4.79 Å². The van der Waals surface area contributed by atoms with Gasteiger partial charge in [0.1, 0.15) is 11.4 Å². The molecule has 0 aliphatic carbocycles. The molecule has 30 heavy (non-hydrogen) atoms. The summed E-state index contributed by atoms with van der Waals surface area (Å²) in [6.45, 7) is 1.73. The first kappa shape index (κ1) is 21.5. The number of carbonyl (C=O) groups excluding carboxylic acids is 1. The van der Waals surface area contributed by atoms with E-state index in [2.05, 4.69) is 41.9 Å². The van der Waals surface area contributed by atoms with E-state index in [4.69, 9.17) is 27.7 Å². The van der Waals surface area contributed by atoms with Crippen molar-refractivity contribution < 1.29 is 14.4 Å². The van der Waals surface area contributed by atoms with Gasteiger partial charge in [-0.3, -0.25) is 4.79 Å². The molecule has 10 heteroatoms. The Morgan fingerprint density at radius 3 is 2.50 bits per heavy atom. The number of anilines is 1. The van der Waals surface area contributed by atoms with Gasteiger partial charge in [0.25, 0.3) is 0 Å². The lowest BCUT2D eigenvalue weighted by molar-refractivity contribution is -0.120. The fourth-order valence-electron chi connectivity index (χ4n) is 3.39. The molecular weight excluding hydrogens is 561 g/mol. The number of hydrogen-bond acceptors (Lipinski definition) is 5. The smallest absolute Gasteiger partial charge is 0.210 e. The van der Waals surface area contributed by atoms with Gasteiger partial charge >= 0.3 is 0 Å². The number of phenols is 1. The summed E-state index contributed by atoms with van der Waals surface area (Å²) in [6.07, 6.45) is 0.832. The van der Waals surface area contributed by atoms with E-state index < -0.39 is 0 Å². The lowest BCUT2D eigenvalue weighted by Gasteiger charge is -2.39. The third-order valence-electron chi connectivity index (χ3n) is 5.00. The maximum Gasteiger partial charge on any atom is 0.210 e. The number of aromatic nitrogens is 1. The molecule has 1 aromatic heterocycles. The predicted molar refractivity (Wildman–Crippen MR) is 123 cm³/mol. The van der Waals surface area contributed by atoms with Crippen LogP contribution in [0.15, 0.2) is 49.9 Å². The molecule has 2 aromatic carbocycles. The summed E-state index contributed by atoms with van der Waals surface area (Å²) in [7, 11) is 0. The SMILES string of the molecule is O=CN1CCN(c2ccc(Cl)c(Cl)c2)CC1c1cc(-c2cc(Br)c(O)c(Br)c2)on1. The van der Waals surface area contributed by atoms with Crippen molar-refractivity contribution in [1.82, 2.24) is 10.1 Å². The van der Waals surface area contributed by atoms with E-state index in [-0.39, 0.29) is 11.8 Å². The zero-order chi connectivity index (χ0) is 21.4. The second-order valence-electron chi connectivity index (χ2n) is 6.81. The number of piperazine rings is 1. The molecule has 1 aliphatic heterocycles. The summed E-state index contributed by atoms with van der Waals surface area (Å²) < 4.78 is 6.61. The number of aromatic hydroxyl groups is 1. The summed E-state index contributed by atoms with van der Waals surface area (Å²) in [4.78, 5) is 15.5. The molecule has 1 fully saturated rings. The Labute approximate surface area is 199 Å². The summed E-state index contributed by atoms with van der Waals surface area (Å²) in [6, 6.07) is 10.5. The van der Waals surface area contributed by atoms with Crippen LogP contribution in [0.5, 0.6) is 5.75 Å². The van der Waals surface area contributed by atoms with Crippen LogP contribution in [0, 0.1) is 0 Å². The van der Waals surface area contributed by atoms with E-state index in [9.17, 15) is 9.90 Å². The Morgan fingerprint density at radius 1 is 1.10 bits per heavy atom. The number of benzene rings is 2. The molecule has 0 radical (unpaired) electrons. The second kappa shape index (κ2) is 8.78. The monoisotopic (exact) mass is 573 g/mol. The molecule has 1 saturated heterocycles. The number of halogens is 4. The fraction of sp³-hybridized carbons (Fsp3) is 0.200. The highest BCUT2D eigenvalue weighted by Gasteiger charge is 2.30. The minimum atomic E-state index is -0.285. The molecule has 0 spiro atoms. The minimum Gasteiger partial charge on any atom is -0.506 e. The lowest BCUT2D eigenvalue weighted by Crippen LogP contribution is -2.48. The van der Waals surface area contributed by atoms with Crippen LogP contribution in [0.1, 0.15) is 11.7 Å². The maximum atomic E-state index is 11.7. The molecule has 1 atom stereocenters. The van der Waals surface area contributed by atoms with Crippen molar-refractivity contribution >= 4 is 67.2 Å². The summed E-state index contributed by atoms with van der Waals surface area (Å²) in [5.74, 6) is 0.638.